The molecule has 0 saturated heterocycles. The maximum atomic E-state index is 14.1. The van der Waals surface area contributed by atoms with Gasteiger partial charge in [0.15, 0.2) is 10.8 Å². The third-order valence-corrected chi connectivity index (χ3v) is 4.60. The first-order valence-corrected chi connectivity index (χ1v) is 9.09. The molecule has 1 heterocycles. The van der Waals surface area contributed by atoms with E-state index in [-0.39, 0.29) is 22.5 Å². The molecule has 1 saturated carbocycles. The SMILES string of the molecule is Cc1cc(=O)c(C(=O)NNC(=S)NC2CCCC2)nn1-c1ccccc1F. The number of thiocarbonyl (C=S) groups is 1. The number of carbonyl (C=O) groups excluding carboxylic acids is 1. The Morgan fingerprint density at radius 1 is 1.26 bits per heavy atom. The summed E-state index contributed by atoms with van der Waals surface area (Å²) in [4.78, 5) is 24.5. The second-order valence-corrected chi connectivity index (χ2v) is 6.80. The van der Waals surface area contributed by atoms with Gasteiger partial charge in [0.25, 0.3) is 5.91 Å². The third-order valence-electron chi connectivity index (χ3n) is 4.38. The molecule has 0 atom stereocenters. The summed E-state index contributed by atoms with van der Waals surface area (Å²) in [5.41, 5.74) is 4.58. The fourth-order valence-electron chi connectivity index (χ4n) is 3.04. The van der Waals surface area contributed by atoms with Crippen LogP contribution in [0.1, 0.15) is 41.9 Å². The number of halogens is 1. The van der Waals surface area contributed by atoms with Crippen LogP contribution in [0, 0.1) is 12.7 Å². The number of aromatic nitrogens is 2. The number of aryl methyl sites for hydroxylation is 1. The van der Waals surface area contributed by atoms with E-state index in [9.17, 15) is 14.0 Å². The highest BCUT2D eigenvalue weighted by Crippen LogP contribution is 2.17. The fourth-order valence-corrected chi connectivity index (χ4v) is 3.25. The summed E-state index contributed by atoms with van der Waals surface area (Å²) >= 11 is 5.14. The van der Waals surface area contributed by atoms with Crippen molar-refractivity contribution >= 4 is 23.2 Å². The van der Waals surface area contributed by atoms with Gasteiger partial charge >= 0.3 is 0 Å². The highest BCUT2D eigenvalue weighted by Gasteiger charge is 2.18. The molecular formula is C18H20FN5O2S. The average molecular weight is 389 g/mol. The number of para-hydroxylation sites is 1. The molecule has 3 rings (SSSR count). The minimum Gasteiger partial charge on any atom is -0.359 e. The number of hydrogen-bond acceptors (Lipinski definition) is 4. The first kappa shape index (κ1) is 19.0. The van der Waals surface area contributed by atoms with Crippen LogP contribution in [-0.2, 0) is 0 Å². The molecule has 0 aliphatic heterocycles. The zero-order chi connectivity index (χ0) is 19.4. The number of hydrazine groups is 1. The molecule has 1 aromatic heterocycles. The van der Waals surface area contributed by atoms with Gasteiger partial charge in [-0.2, -0.15) is 5.10 Å². The van der Waals surface area contributed by atoms with Crippen LogP contribution in [0.15, 0.2) is 35.1 Å². The van der Waals surface area contributed by atoms with Crippen molar-refractivity contribution in [2.24, 2.45) is 0 Å². The molecule has 2 aromatic rings. The van der Waals surface area contributed by atoms with Gasteiger partial charge in [-0.05, 0) is 44.1 Å². The lowest BCUT2D eigenvalue weighted by Crippen LogP contribution is -2.50. The monoisotopic (exact) mass is 389 g/mol. The van der Waals surface area contributed by atoms with Crippen molar-refractivity contribution in [3.63, 3.8) is 0 Å². The number of hydrogen-bond donors (Lipinski definition) is 3. The molecule has 9 heteroatoms. The Labute approximate surface area is 160 Å². The van der Waals surface area contributed by atoms with Gasteiger partial charge in [-0.15, -0.1) is 0 Å². The van der Waals surface area contributed by atoms with E-state index in [2.05, 4.69) is 21.3 Å². The predicted molar refractivity (Wildman–Crippen MR) is 103 cm³/mol. The van der Waals surface area contributed by atoms with Crippen molar-refractivity contribution in [3.8, 4) is 5.69 Å². The molecule has 0 radical (unpaired) electrons. The Morgan fingerprint density at radius 3 is 2.67 bits per heavy atom. The molecule has 1 aromatic carbocycles. The number of nitrogens with zero attached hydrogens (tertiary/aromatic N) is 2. The normalized spacial score (nSPS) is 14.0. The molecule has 1 aliphatic rings. The summed E-state index contributed by atoms with van der Waals surface area (Å²) < 4.78 is 15.3. The summed E-state index contributed by atoms with van der Waals surface area (Å²) in [7, 11) is 0. The van der Waals surface area contributed by atoms with Crippen LogP contribution < -0.4 is 21.6 Å². The Morgan fingerprint density at radius 2 is 1.96 bits per heavy atom. The average Bonchev–Trinajstić information content (AvgIpc) is 3.13. The molecule has 0 bridgehead atoms. The third kappa shape index (κ3) is 4.48. The smallest absolute Gasteiger partial charge is 0.294 e. The van der Waals surface area contributed by atoms with Crippen molar-refractivity contribution in [1.82, 2.24) is 25.9 Å². The zero-order valence-corrected chi connectivity index (χ0v) is 15.6. The van der Waals surface area contributed by atoms with E-state index in [1.165, 1.54) is 22.9 Å². The topological polar surface area (TPSA) is 88.1 Å². The second-order valence-electron chi connectivity index (χ2n) is 6.40. The summed E-state index contributed by atoms with van der Waals surface area (Å²) in [5.74, 6) is -1.26. The van der Waals surface area contributed by atoms with Gasteiger partial charge < -0.3 is 5.32 Å². The van der Waals surface area contributed by atoms with Crippen molar-refractivity contribution in [2.75, 3.05) is 0 Å². The molecule has 3 N–H and O–H groups in total. The minimum absolute atomic E-state index is 0.149. The lowest BCUT2D eigenvalue weighted by Gasteiger charge is -2.16. The van der Waals surface area contributed by atoms with Gasteiger partial charge in [-0.3, -0.25) is 20.4 Å². The van der Waals surface area contributed by atoms with Crippen LogP contribution in [0.5, 0.6) is 0 Å². The van der Waals surface area contributed by atoms with Crippen LogP contribution in [0.4, 0.5) is 4.39 Å². The van der Waals surface area contributed by atoms with Crippen molar-refractivity contribution in [1.29, 1.82) is 0 Å². The summed E-state index contributed by atoms with van der Waals surface area (Å²) in [5, 5.41) is 7.41. The molecule has 27 heavy (non-hydrogen) atoms. The highest BCUT2D eigenvalue weighted by molar-refractivity contribution is 7.80. The maximum Gasteiger partial charge on any atom is 0.294 e. The van der Waals surface area contributed by atoms with Crippen molar-refractivity contribution in [2.45, 2.75) is 38.6 Å². The largest absolute Gasteiger partial charge is 0.359 e. The second kappa shape index (κ2) is 8.26. The van der Waals surface area contributed by atoms with E-state index in [0.717, 1.165) is 25.7 Å². The number of benzene rings is 1. The quantitative estimate of drug-likeness (QED) is 0.547. The molecule has 1 amide bonds. The maximum absolute atomic E-state index is 14.1. The highest BCUT2D eigenvalue weighted by atomic mass is 32.1. The van der Waals surface area contributed by atoms with Crippen LogP contribution in [0.2, 0.25) is 0 Å². The van der Waals surface area contributed by atoms with Gasteiger partial charge in [0.2, 0.25) is 5.43 Å². The Bertz CT molecular complexity index is 924. The molecule has 1 aliphatic carbocycles. The first-order chi connectivity index (χ1) is 13.0. The molecule has 0 spiro atoms. The van der Waals surface area contributed by atoms with Crippen LogP contribution >= 0.6 is 12.2 Å². The van der Waals surface area contributed by atoms with E-state index >= 15 is 0 Å². The number of rotatable bonds is 3. The summed E-state index contributed by atoms with van der Waals surface area (Å²) in [6.45, 7) is 1.61. The Hall–Kier alpha value is -2.81. The van der Waals surface area contributed by atoms with E-state index in [1.54, 1.807) is 19.1 Å². The van der Waals surface area contributed by atoms with Gasteiger partial charge in [0, 0.05) is 17.8 Å². The minimum atomic E-state index is -0.749. The van der Waals surface area contributed by atoms with Crippen LogP contribution in [0.3, 0.4) is 0 Å². The van der Waals surface area contributed by atoms with Gasteiger partial charge in [0.1, 0.15) is 11.5 Å². The Balaban J connectivity index is 1.74. The predicted octanol–water partition coefficient (Wildman–Crippen LogP) is 1.73. The molecule has 7 nitrogen and oxygen atoms in total. The number of carbonyl (C=O) groups is 1. The van der Waals surface area contributed by atoms with Gasteiger partial charge in [-0.25, -0.2) is 9.07 Å². The lowest BCUT2D eigenvalue weighted by atomic mass is 10.2. The summed E-state index contributed by atoms with van der Waals surface area (Å²) in [6.07, 6.45) is 4.36. The van der Waals surface area contributed by atoms with Crippen molar-refractivity contribution in [3.05, 3.63) is 57.8 Å². The van der Waals surface area contributed by atoms with E-state index < -0.39 is 17.2 Å². The molecule has 0 unspecified atom stereocenters. The molecule has 1 fully saturated rings. The van der Waals surface area contributed by atoms with E-state index in [1.807, 2.05) is 0 Å². The first-order valence-electron chi connectivity index (χ1n) is 8.68. The molecular weight excluding hydrogens is 369 g/mol. The van der Waals surface area contributed by atoms with Crippen molar-refractivity contribution < 1.29 is 9.18 Å². The van der Waals surface area contributed by atoms with Gasteiger partial charge in [-0.1, -0.05) is 25.0 Å². The summed E-state index contributed by atoms with van der Waals surface area (Å²) in [6, 6.07) is 7.52. The standard InChI is InChI=1S/C18H20FN5O2S/c1-11-10-15(25)16(23-24(11)14-9-5-4-8-13(14)19)17(26)21-22-18(27)20-12-6-2-3-7-12/h4-5,8-10,12H,2-3,6-7H2,1H3,(H,21,26)(H2,20,22,27). The fraction of sp³-hybridized carbons (Fsp3) is 0.333. The number of amides is 1. The Kier molecular flexibility index (Phi) is 5.80. The van der Waals surface area contributed by atoms with Crippen LogP contribution in [0.25, 0.3) is 5.69 Å². The van der Waals surface area contributed by atoms with Gasteiger partial charge in [0.05, 0.1) is 0 Å². The zero-order valence-electron chi connectivity index (χ0n) is 14.8. The van der Waals surface area contributed by atoms with E-state index in [0.29, 0.717) is 5.69 Å². The molecule has 142 valence electrons. The lowest BCUT2D eigenvalue weighted by molar-refractivity contribution is 0.0935. The van der Waals surface area contributed by atoms with E-state index in [4.69, 9.17) is 12.2 Å². The van der Waals surface area contributed by atoms with Crippen LogP contribution in [-0.4, -0.2) is 26.8 Å². The number of nitrogens with one attached hydrogen (secondary N) is 3.